The van der Waals surface area contributed by atoms with Crippen LogP contribution in [0.5, 0.6) is 0 Å². The highest BCUT2D eigenvalue weighted by Gasteiger charge is 2.35. The molecule has 1 atom stereocenters. The maximum Gasteiger partial charge on any atom is 0.243 e. The lowest BCUT2D eigenvalue weighted by molar-refractivity contribution is -0.137. The fraction of sp³-hybridized carbons (Fsp3) is 0.619. The van der Waals surface area contributed by atoms with Gasteiger partial charge in [0.1, 0.15) is 0 Å². The van der Waals surface area contributed by atoms with Gasteiger partial charge in [0.25, 0.3) is 0 Å². The van der Waals surface area contributed by atoms with Crippen molar-refractivity contribution >= 4 is 11.8 Å². The number of aliphatic hydroxyl groups is 1. The van der Waals surface area contributed by atoms with Crippen molar-refractivity contribution in [3.63, 3.8) is 0 Å². The van der Waals surface area contributed by atoms with Crippen molar-refractivity contribution in [3.8, 4) is 0 Å². The molecule has 2 saturated heterocycles. The summed E-state index contributed by atoms with van der Waals surface area (Å²) >= 11 is 0. The number of fused-ring (bicyclic) bond motifs is 1. The Kier molecular flexibility index (Phi) is 6.06. The average molecular weight is 386 g/mol. The predicted octanol–water partition coefficient (Wildman–Crippen LogP) is 0.307. The van der Waals surface area contributed by atoms with Gasteiger partial charge in [-0.05, 0) is 29.5 Å². The molecule has 0 bridgehead atoms. The van der Waals surface area contributed by atoms with E-state index in [2.05, 4.69) is 38.2 Å². The number of amides is 2. The van der Waals surface area contributed by atoms with Crippen LogP contribution in [0.1, 0.15) is 36.0 Å². The largest absolute Gasteiger partial charge is 0.396 e. The third kappa shape index (κ3) is 4.27. The molecule has 4 rings (SSSR count). The fourth-order valence-corrected chi connectivity index (χ4v) is 4.62. The molecule has 0 aliphatic carbocycles. The molecule has 2 amide bonds. The fourth-order valence-electron chi connectivity index (χ4n) is 4.62. The Morgan fingerprint density at radius 3 is 2.61 bits per heavy atom. The summed E-state index contributed by atoms with van der Waals surface area (Å²) in [6.45, 7) is 7.96. The second-order valence-corrected chi connectivity index (χ2v) is 8.12. The van der Waals surface area contributed by atoms with E-state index in [1.807, 2.05) is 0 Å². The summed E-state index contributed by atoms with van der Waals surface area (Å²) in [6.07, 6.45) is 1.89. The van der Waals surface area contributed by atoms with Crippen LogP contribution in [0.25, 0.3) is 0 Å². The van der Waals surface area contributed by atoms with Crippen LogP contribution in [0.3, 0.4) is 0 Å². The molecule has 0 saturated carbocycles. The van der Waals surface area contributed by atoms with Gasteiger partial charge in [0.15, 0.2) is 0 Å². The molecule has 152 valence electrons. The maximum atomic E-state index is 12.2. The van der Waals surface area contributed by atoms with E-state index in [0.29, 0.717) is 12.8 Å². The number of piperidine rings is 1. The first-order valence-electron chi connectivity index (χ1n) is 10.4. The minimum absolute atomic E-state index is 0.149. The van der Waals surface area contributed by atoms with Crippen molar-refractivity contribution in [2.75, 3.05) is 39.3 Å². The molecular formula is C21H30N4O3. The lowest BCUT2D eigenvalue weighted by atomic mass is 10.0. The molecule has 0 radical (unpaired) electrons. The number of benzene rings is 1. The summed E-state index contributed by atoms with van der Waals surface area (Å²) in [5, 5.41) is 11.5. The van der Waals surface area contributed by atoms with E-state index in [9.17, 15) is 9.59 Å². The second kappa shape index (κ2) is 8.69. The quantitative estimate of drug-likeness (QED) is 0.686. The lowest BCUT2D eigenvalue weighted by Gasteiger charge is -2.35. The van der Waals surface area contributed by atoms with E-state index in [-0.39, 0.29) is 24.5 Å². The third-order valence-electron chi connectivity index (χ3n) is 6.25. The van der Waals surface area contributed by atoms with Crippen molar-refractivity contribution in [2.24, 2.45) is 0 Å². The van der Waals surface area contributed by atoms with E-state index < -0.39 is 0 Å². The first-order valence-corrected chi connectivity index (χ1v) is 10.4. The summed E-state index contributed by atoms with van der Waals surface area (Å²) in [6, 6.07) is 6.30. The van der Waals surface area contributed by atoms with Gasteiger partial charge in [-0.15, -0.1) is 0 Å². The van der Waals surface area contributed by atoms with Gasteiger partial charge in [0.05, 0.1) is 6.04 Å². The zero-order chi connectivity index (χ0) is 19.5. The van der Waals surface area contributed by atoms with Crippen LogP contribution in [0.2, 0.25) is 0 Å². The van der Waals surface area contributed by atoms with Crippen LogP contribution in [0.15, 0.2) is 18.2 Å². The van der Waals surface area contributed by atoms with Gasteiger partial charge in [0.2, 0.25) is 11.8 Å². The van der Waals surface area contributed by atoms with E-state index in [4.69, 9.17) is 5.11 Å². The van der Waals surface area contributed by atoms with Gasteiger partial charge in [-0.2, -0.15) is 0 Å². The number of hydrogen-bond acceptors (Lipinski definition) is 6. The van der Waals surface area contributed by atoms with Crippen LogP contribution in [0, 0.1) is 0 Å². The summed E-state index contributed by atoms with van der Waals surface area (Å²) in [7, 11) is 0. The summed E-state index contributed by atoms with van der Waals surface area (Å²) in [4.78, 5) is 30.8. The molecule has 2 fully saturated rings. The number of rotatable bonds is 6. The minimum Gasteiger partial charge on any atom is -0.396 e. The Balaban J connectivity index is 1.37. The van der Waals surface area contributed by atoms with Crippen molar-refractivity contribution in [3.05, 3.63) is 34.9 Å². The highest BCUT2D eigenvalue weighted by molar-refractivity contribution is 6.00. The van der Waals surface area contributed by atoms with Gasteiger partial charge in [-0.3, -0.25) is 24.7 Å². The number of nitrogens with one attached hydrogen (secondary N) is 1. The molecule has 0 spiro atoms. The number of carbonyl (C=O) groups excluding carboxylic acids is 2. The Hall–Kier alpha value is -1.80. The number of aliphatic hydroxyl groups excluding tert-OH is 1. The molecule has 3 aliphatic rings. The van der Waals surface area contributed by atoms with Crippen LogP contribution >= 0.6 is 0 Å². The van der Waals surface area contributed by atoms with Crippen molar-refractivity contribution in [1.82, 2.24) is 20.0 Å². The van der Waals surface area contributed by atoms with E-state index in [0.717, 1.165) is 58.8 Å². The predicted molar refractivity (Wildman–Crippen MR) is 105 cm³/mol. The summed E-state index contributed by atoms with van der Waals surface area (Å²) in [5.74, 6) is -0.304. The highest BCUT2D eigenvalue weighted by atomic mass is 16.3. The monoisotopic (exact) mass is 386 g/mol. The summed E-state index contributed by atoms with van der Waals surface area (Å²) in [5.41, 5.74) is 4.02. The van der Waals surface area contributed by atoms with Crippen LogP contribution < -0.4 is 5.32 Å². The molecular weight excluding hydrogens is 356 g/mol. The van der Waals surface area contributed by atoms with Crippen LogP contribution in [0.4, 0.5) is 0 Å². The number of carbonyl (C=O) groups is 2. The number of imide groups is 1. The first-order chi connectivity index (χ1) is 13.6. The molecule has 2 N–H and O–H groups in total. The molecule has 7 nitrogen and oxygen atoms in total. The molecule has 3 heterocycles. The molecule has 28 heavy (non-hydrogen) atoms. The van der Waals surface area contributed by atoms with Gasteiger partial charge < -0.3 is 10.0 Å². The molecule has 1 aromatic rings. The van der Waals surface area contributed by atoms with Gasteiger partial charge >= 0.3 is 0 Å². The zero-order valence-electron chi connectivity index (χ0n) is 16.4. The molecule has 1 unspecified atom stereocenters. The Bertz CT molecular complexity index is 730. The van der Waals surface area contributed by atoms with Crippen molar-refractivity contribution < 1.29 is 14.7 Å². The van der Waals surface area contributed by atoms with Crippen molar-refractivity contribution in [1.29, 1.82) is 0 Å². The minimum atomic E-state index is -0.201. The van der Waals surface area contributed by atoms with Crippen molar-refractivity contribution in [2.45, 2.75) is 44.9 Å². The third-order valence-corrected chi connectivity index (χ3v) is 6.25. The highest BCUT2D eigenvalue weighted by Crippen LogP contribution is 2.30. The molecule has 3 aliphatic heterocycles. The van der Waals surface area contributed by atoms with Crippen LogP contribution in [-0.4, -0.2) is 77.0 Å². The molecule has 7 heteroatoms. The first kappa shape index (κ1) is 19.5. The van der Waals surface area contributed by atoms with E-state index >= 15 is 0 Å². The summed E-state index contributed by atoms with van der Waals surface area (Å²) < 4.78 is 0. The Labute approximate surface area is 166 Å². The van der Waals surface area contributed by atoms with E-state index in [1.165, 1.54) is 16.7 Å². The molecule has 1 aromatic carbocycles. The lowest BCUT2D eigenvalue weighted by Crippen LogP contribution is -2.50. The SMILES string of the molecule is O=C1CCC(N2Cc3cccc(CN4CCN(CCCO)CC4)c3C2)C(=O)N1. The number of hydrogen-bond donors (Lipinski definition) is 2. The van der Waals surface area contributed by atoms with Gasteiger partial charge in [0, 0.05) is 65.4 Å². The Morgan fingerprint density at radius 1 is 1.07 bits per heavy atom. The van der Waals surface area contributed by atoms with Gasteiger partial charge in [-0.25, -0.2) is 0 Å². The Morgan fingerprint density at radius 2 is 1.86 bits per heavy atom. The normalized spacial score (nSPS) is 24.4. The zero-order valence-corrected chi connectivity index (χ0v) is 16.4. The van der Waals surface area contributed by atoms with Crippen LogP contribution in [-0.2, 0) is 29.2 Å². The maximum absolute atomic E-state index is 12.2. The molecule has 0 aromatic heterocycles. The second-order valence-electron chi connectivity index (χ2n) is 8.12. The standard InChI is InChI=1S/C21H30N4O3/c26-12-2-7-23-8-10-24(11-9-23)13-16-3-1-4-17-14-25(15-18(16)17)19-5-6-20(27)22-21(19)28/h1,3-4,19,26H,2,5-15H2,(H,22,27,28). The smallest absolute Gasteiger partial charge is 0.243 e. The van der Waals surface area contributed by atoms with Gasteiger partial charge in [-0.1, -0.05) is 18.2 Å². The number of nitrogens with zero attached hydrogens (tertiary/aromatic N) is 3. The number of piperazine rings is 1. The topological polar surface area (TPSA) is 76.1 Å². The average Bonchev–Trinajstić information content (AvgIpc) is 3.12. The van der Waals surface area contributed by atoms with E-state index in [1.54, 1.807) is 0 Å².